The van der Waals surface area contributed by atoms with E-state index in [2.05, 4.69) is 4.72 Å². The van der Waals surface area contributed by atoms with E-state index in [4.69, 9.17) is 0 Å². The molecule has 7 nitrogen and oxygen atoms in total. The Bertz CT molecular complexity index is 1300. The van der Waals surface area contributed by atoms with Crippen LogP contribution in [0.2, 0.25) is 0 Å². The topological polar surface area (TPSA) is 86.8 Å². The summed E-state index contributed by atoms with van der Waals surface area (Å²) in [5.41, 5.74) is 1.71. The van der Waals surface area contributed by atoms with Gasteiger partial charge in [-0.25, -0.2) is 12.8 Å². The van der Waals surface area contributed by atoms with Gasteiger partial charge in [-0.1, -0.05) is 24.3 Å². The number of Topliss-reactive ketones (excluding diaryl/α,β-unsaturated/α-hetero) is 1. The summed E-state index contributed by atoms with van der Waals surface area (Å²) in [6.45, 7) is 3.36. The maximum Gasteiger partial charge on any atom is 0.261 e. The first kappa shape index (κ1) is 23.4. The maximum absolute atomic E-state index is 14.0. The Kier molecular flexibility index (Phi) is 6.65. The Morgan fingerprint density at radius 3 is 2.00 bits per heavy atom. The van der Waals surface area contributed by atoms with Crippen molar-refractivity contribution < 1.29 is 22.4 Å². The monoisotopic (exact) mass is 481 g/mol. The van der Waals surface area contributed by atoms with E-state index in [1.165, 1.54) is 49.4 Å². The van der Waals surface area contributed by atoms with Gasteiger partial charge >= 0.3 is 0 Å². The molecular formula is C25H24FN3O4S. The molecule has 1 heterocycles. The van der Waals surface area contributed by atoms with E-state index >= 15 is 0 Å². The third-order valence-electron chi connectivity index (χ3n) is 5.72. The van der Waals surface area contributed by atoms with Gasteiger partial charge in [0.1, 0.15) is 5.82 Å². The van der Waals surface area contributed by atoms with Gasteiger partial charge in [-0.05, 0) is 55.5 Å². The van der Waals surface area contributed by atoms with Crippen molar-refractivity contribution in [1.29, 1.82) is 0 Å². The zero-order valence-electron chi connectivity index (χ0n) is 18.6. The number of hydrogen-bond donors (Lipinski definition) is 1. The van der Waals surface area contributed by atoms with Crippen LogP contribution in [0.1, 0.15) is 27.6 Å². The van der Waals surface area contributed by atoms with Gasteiger partial charge < -0.3 is 9.80 Å². The predicted octanol–water partition coefficient (Wildman–Crippen LogP) is 3.79. The summed E-state index contributed by atoms with van der Waals surface area (Å²) in [5.74, 6) is -0.594. The number of hydrogen-bond acceptors (Lipinski definition) is 5. The van der Waals surface area contributed by atoms with Crippen LogP contribution in [0, 0.1) is 5.82 Å². The van der Waals surface area contributed by atoms with Gasteiger partial charge in [0.25, 0.3) is 15.9 Å². The van der Waals surface area contributed by atoms with Gasteiger partial charge in [0.05, 0.1) is 10.6 Å². The molecule has 1 aliphatic heterocycles. The molecule has 176 valence electrons. The average Bonchev–Trinajstić information content (AvgIpc) is 2.84. The minimum atomic E-state index is -3.84. The molecule has 1 N–H and O–H groups in total. The molecule has 1 aliphatic rings. The summed E-state index contributed by atoms with van der Waals surface area (Å²) in [5, 5.41) is 0. The largest absolute Gasteiger partial charge is 0.366 e. The van der Waals surface area contributed by atoms with E-state index in [9.17, 15) is 22.4 Å². The van der Waals surface area contributed by atoms with Crippen molar-refractivity contribution in [2.75, 3.05) is 35.8 Å². The third-order valence-corrected chi connectivity index (χ3v) is 7.11. The number of nitrogens with one attached hydrogen (secondary N) is 1. The molecule has 0 aliphatic carbocycles. The van der Waals surface area contributed by atoms with E-state index in [0.717, 1.165) is 0 Å². The van der Waals surface area contributed by atoms with Crippen molar-refractivity contribution in [3.63, 3.8) is 0 Å². The number of rotatable bonds is 6. The zero-order valence-corrected chi connectivity index (χ0v) is 19.4. The number of piperazine rings is 1. The van der Waals surface area contributed by atoms with Crippen molar-refractivity contribution in [2.24, 2.45) is 0 Å². The Hall–Kier alpha value is -3.72. The van der Waals surface area contributed by atoms with E-state index in [-0.39, 0.29) is 22.4 Å². The Morgan fingerprint density at radius 1 is 0.824 bits per heavy atom. The lowest BCUT2D eigenvalue weighted by Gasteiger charge is -2.36. The zero-order chi connectivity index (χ0) is 24.3. The molecule has 0 atom stereocenters. The molecule has 0 bridgehead atoms. The lowest BCUT2D eigenvalue weighted by atomic mass is 10.1. The van der Waals surface area contributed by atoms with E-state index < -0.39 is 10.0 Å². The molecule has 3 aromatic rings. The summed E-state index contributed by atoms with van der Waals surface area (Å²) in [6, 6.07) is 18.5. The molecule has 0 radical (unpaired) electrons. The van der Waals surface area contributed by atoms with Gasteiger partial charge in [0.2, 0.25) is 0 Å². The highest BCUT2D eigenvalue weighted by Gasteiger charge is 2.24. The smallest absolute Gasteiger partial charge is 0.261 e. The Morgan fingerprint density at radius 2 is 1.41 bits per heavy atom. The second-order valence-corrected chi connectivity index (χ2v) is 9.68. The molecule has 4 rings (SSSR count). The molecule has 9 heteroatoms. The number of para-hydroxylation sites is 1. The second-order valence-electron chi connectivity index (χ2n) is 7.99. The number of ketones is 1. The Labute approximate surface area is 197 Å². The Balaban J connectivity index is 1.38. The number of carbonyl (C=O) groups is 2. The SMILES string of the molecule is CC(=O)c1ccc(S(=O)(=O)Nc2ccc(C(=O)N3CCN(c4ccccc4F)CC3)cc2)cc1. The van der Waals surface area contributed by atoms with Crippen LogP contribution in [0.4, 0.5) is 15.8 Å². The highest BCUT2D eigenvalue weighted by atomic mass is 32.2. The number of carbonyl (C=O) groups excluding carboxylic acids is 2. The summed E-state index contributed by atoms with van der Waals surface area (Å²) < 4.78 is 41.7. The maximum atomic E-state index is 14.0. The summed E-state index contributed by atoms with van der Waals surface area (Å²) in [4.78, 5) is 27.9. The minimum Gasteiger partial charge on any atom is -0.366 e. The molecule has 0 unspecified atom stereocenters. The van der Waals surface area contributed by atoms with Crippen LogP contribution in [0.25, 0.3) is 0 Å². The van der Waals surface area contributed by atoms with Crippen molar-refractivity contribution >= 4 is 33.1 Å². The van der Waals surface area contributed by atoms with Crippen LogP contribution in [0.5, 0.6) is 0 Å². The summed E-state index contributed by atoms with van der Waals surface area (Å²) in [7, 11) is -3.84. The van der Waals surface area contributed by atoms with Crippen molar-refractivity contribution in [3.8, 4) is 0 Å². The molecule has 0 saturated carbocycles. The fraction of sp³-hybridized carbons (Fsp3) is 0.200. The summed E-state index contributed by atoms with van der Waals surface area (Å²) in [6.07, 6.45) is 0. The van der Waals surface area contributed by atoms with Crippen LogP contribution in [-0.2, 0) is 10.0 Å². The molecular weight excluding hydrogens is 457 g/mol. The normalized spacial score (nSPS) is 14.1. The quantitative estimate of drug-likeness (QED) is 0.542. The molecule has 0 spiro atoms. The predicted molar refractivity (Wildman–Crippen MR) is 128 cm³/mol. The highest BCUT2D eigenvalue weighted by Crippen LogP contribution is 2.22. The van der Waals surface area contributed by atoms with Gasteiger partial charge in [-0.15, -0.1) is 0 Å². The number of sulfonamides is 1. The second kappa shape index (κ2) is 9.64. The van der Waals surface area contributed by atoms with Gasteiger partial charge in [-0.3, -0.25) is 14.3 Å². The number of amides is 1. The van der Waals surface area contributed by atoms with Crippen LogP contribution in [-0.4, -0.2) is 51.2 Å². The van der Waals surface area contributed by atoms with Crippen molar-refractivity contribution in [1.82, 2.24) is 4.90 Å². The van der Waals surface area contributed by atoms with E-state index in [1.807, 2.05) is 4.90 Å². The fourth-order valence-corrected chi connectivity index (χ4v) is 4.86. The van der Waals surface area contributed by atoms with E-state index in [0.29, 0.717) is 48.7 Å². The first-order chi connectivity index (χ1) is 16.2. The molecule has 34 heavy (non-hydrogen) atoms. The van der Waals surface area contributed by atoms with Crippen LogP contribution in [0.3, 0.4) is 0 Å². The highest BCUT2D eigenvalue weighted by molar-refractivity contribution is 7.92. The molecule has 1 saturated heterocycles. The lowest BCUT2D eigenvalue weighted by Crippen LogP contribution is -2.49. The molecule has 1 fully saturated rings. The van der Waals surface area contributed by atoms with Gasteiger partial charge in [0.15, 0.2) is 5.78 Å². The molecule has 0 aromatic heterocycles. The number of benzene rings is 3. The third kappa shape index (κ3) is 5.09. The fourth-order valence-electron chi connectivity index (χ4n) is 3.80. The first-order valence-corrected chi connectivity index (χ1v) is 12.3. The van der Waals surface area contributed by atoms with Gasteiger partial charge in [0, 0.05) is 43.0 Å². The van der Waals surface area contributed by atoms with E-state index in [1.54, 1.807) is 35.2 Å². The van der Waals surface area contributed by atoms with Crippen molar-refractivity contribution in [3.05, 3.63) is 89.7 Å². The van der Waals surface area contributed by atoms with Gasteiger partial charge in [-0.2, -0.15) is 0 Å². The number of halogens is 1. The summed E-state index contributed by atoms with van der Waals surface area (Å²) >= 11 is 0. The minimum absolute atomic E-state index is 0.0328. The molecule has 3 aromatic carbocycles. The number of nitrogens with zero attached hydrogens (tertiary/aromatic N) is 2. The lowest BCUT2D eigenvalue weighted by molar-refractivity contribution is 0.0746. The average molecular weight is 482 g/mol. The molecule has 1 amide bonds. The first-order valence-electron chi connectivity index (χ1n) is 10.8. The van der Waals surface area contributed by atoms with Crippen LogP contribution < -0.4 is 9.62 Å². The number of anilines is 2. The van der Waals surface area contributed by atoms with Crippen LogP contribution in [0.15, 0.2) is 77.7 Å². The standard InChI is InChI=1S/C25H24FN3O4S/c1-18(30)19-8-12-22(13-9-19)34(32,33)27-21-10-6-20(7-11-21)25(31)29-16-14-28(15-17-29)24-5-3-2-4-23(24)26/h2-13,27H,14-17H2,1H3. The van der Waals surface area contributed by atoms with Crippen molar-refractivity contribution in [2.45, 2.75) is 11.8 Å². The van der Waals surface area contributed by atoms with Crippen LogP contribution >= 0.6 is 0 Å².